The number of benzene rings is 1. The van der Waals surface area contributed by atoms with Crippen LogP contribution in [0, 0.1) is 20.8 Å². The zero-order valence-corrected chi connectivity index (χ0v) is 10.5. The second-order valence-corrected chi connectivity index (χ2v) is 4.26. The minimum atomic E-state index is 0.520. The quantitative estimate of drug-likeness (QED) is 0.799. The lowest BCUT2D eigenvalue weighted by Gasteiger charge is -2.10. The highest BCUT2D eigenvalue weighted by atomic mass is 16.5. The molecule has 0 saturated carbocycles. The van der Waals surface area contributed by atoms with Crippen molar-refractivity contribution in [2.24, 2.45) is 0 Å². The van der Waals surface area contributed by atoms with Crippen LogP contribution in [0.2, 0.25) is 0 Å². The highest BCUT2D eigenvalue weighted by Gasteiger charge is 2.02. The first-order valence-corrected chi connectivity index (χ1v) is 5.78. The normalized spacial score (nSPS) is 10.3. The number of hydrogen-bond donors (Lipinski definition) is 0. The summed E-state index contributed by atoms with van der Waals surface area (Å²) >= 11 is 0. The lowest BCUT2D eigenvalue weighted by Crippen LogP contribution is -2.00. The van der Waals surface area contributed by atoms with Crippen molar-refractivity contribution in [3.05, 3.63) is 58.9 Å². The van der Waals surface area contributed by atoms with E-state index in [9.17, 15) is 0 Å². The topological polar surface area (TPSA) is 22.1 Å². The van der Waals surface area contributed by atoms with Crippen LogP contribution in [0.1, 0.15) is 22.5 Å². The predicted octanol–water partition coefficient (Wildman–Crippen LogP) is 3.59. The average molecular weight is 227 g/mol. The van der Waals surface area contributed by atoms with Crippen LogP contribution >= 0.6 is 0 Å². The summed E-state index contributed by atoms with van der Waals surface area (Å²) in [4.78, 5) is 4.42. The lowest BCUT2D eigenvalue weighted by atomic mass is 10.1. The molecular formula is C15H17NO. The van der Waals surface area contributed by atoms with Crippen LogP contribution in [-0.2, 0) is 6.61 Å². The molecule has 0 atom stereocenters. The maximum absolute atomic E-state index is 5.80. The van der Waals surface area contributed by atoms with Gasteiger partial charge in [-0.2, -0.15) is 0 Å². The van der Waals surface area contributed by atoms with E-state index >= 15 is 0 Å². The van der Waals surface area contributed by atoms with E-state index in [1.807, 2.05) is 37.3 Å². The van der Waals surface area contributed by atoms with Crippen LogP contribution in [0.15, 0.2) is 36.4 Å². The molecular weight excluding hydrogens is 210 g/mol. The van der Waals surface area contributed by atoms with E-state index in [0.29, 0.717) is 6.61 Å². The largest absolute Gasteiger partial charge is 0.487 e. The van der Waals surface area contributed by atoms with Crippen LogP contribution in [0.25, 0.3) is 0 Å². The summed E-state index contributed by atoms with van der Waals surface area (Å²) in [5.41, 5.74) is 4.43. The fourth-order valence-electron chi connectivity index (χ4n) is 1.71. The van der Waals surface area contributed by atoms with Crippen molar-refractivity contribution in [2.45, 2.75) is 27.4 Å². The van der Waals surface area contributed by atoms with Crippen molar-refractivity contribution in [2.75, 3.05) is 0 Å². The summed E-state index contributed by atoms with van der Waals surface area (Å²) in [6, 6.07) is 12.1. The Bertz CT molecular complexity index is 520. The summed E-state index contributed by atoms with van der Waals surface area (Å²) in [5, 5.41) is 0. The number of pyridine rings is 1. The van der Waals surface area contributed by atoms with Crippen LogP contribution in [0.4, 0.5) is 0 Å². The van der Waals surface area contributed by atoms with E-state index in [0.717, 1.165) is 17.1 Å². The van der Waals surface area contributed by atoms with Gasteiger partial charge in [-0.3, -0.25) is 4.98 Å². The zero-order valence-electron chi connectivity index (χ0n) is 10.5. The smallest absolute Gasteiger partial charge is 0.130 e. The first-order chi connectivity index (χ1) is 8.16. The molecule has 0 spiro atoms. The average Bonchev–Trinajstić information content (AvgIpc) is 2.31. The first kappa shape index (κ1) is 11.6. The standard InChI is InChI=1S/C15H17NO/c1-11-6-4-9-15(13(11)3)17-10-14-8-5-7-12(2)16-14/h4-9H,10H2,1-3H3. The first-order valence-electron chi connectivity index (χ1n) is 5.78. The second-order valence-electron chi connectivity index (χ2n) is 4.26. The molecule has 0 unspecified atom stereocenters. The van der Waals surface area contributed by atoms with Gasteiger partial charge in [-0.25, -0.2) is 0 Å². The van der Waals surface area contributed by atoms with Gasteiger partial charge in [0, 0.05) is 5.69 Å². The van der Waals surface area contributed by atoms with E-state index in [4.69, 9.17) is 4.74 Å². The molecule has 1 heterocycles. The zero-order chi connectivity index (χ0) is 12.3. The Morgan fingerprint density at radius 1 is 1.00 bits per heavy atom. The number of hydrogen-bond acceptors (Lipinski definition) is 2. The molecule has 0 aliphatic rings. The third-order valence-electron chi connectivity index (χ3n) is 2.88. The molecule has 0 bridgehead atoms. The molecule has 0 aliphatic carbocycles. The Labute approximate surface area is 102 Å². The Morgan fingerprint density at radius 2 is 1.76 bits per heavy atom. The molecule has 1 aromatic carbocycles. The molecule has 0 saturated heterocycles. The van der Waals surface area contributed by atoms with Gasteiger partial charge in [0.25, 0.3) is 0 Å². The van der Waals surface area contributed by atoms with Gasteiger partial charge in [-0.15, -0.1) is 0 Å². The lowest BCUT2D eigenvalue weighted by molar-refractivity contribution is 0.299. The molecule has 0 amide bonds. The van der Waals surface area contributed by atoms with Crippen LogP contribution < -0.4 is 4.74 Å². The Balaban J connectivity index is 2.10. The van der Waals surface area contributed by atoms with Crippen LogP contribution in [-0.4, -0.2) is 4.98 Å². The Hall–Kier alpha value is -1.83. The van der Waals surface area contributed by atoms with Crippen molar-refractivity contribution < 1.29 is 4.74 Å². The van der Waals surface area contributed by atoms with Crippen molar-refractivity contribution in [1.29, 1.82) is 0 Å². The maximum Gasteiger partial charge on any atom is 0.130 e. The van der Waals surface area contributed by atoms with Gasteiger partial charge in [0.2, 0.25) is 0 Å². The number of aryl methyl sites for hydroxylation is 2. The van der Waals surface area contributed by atoms with E-state index in [1.165, 1.54) is 11.1 Å². The van der Waals surface area contributed by atoms with Gasteiger partial charge in [0.1, 0.15) is 12.4 Å². The monoisotopic (exact) mass is 227 g/mol. The highest BCUT2D eigenvalue weighted by molar-refractivity contribution is 5.38. The third-order valence-corrected chi connectivity index (χ3v) is 2.88. The summed E-state index contributed by atoms with van der Waals surface area (Å²) in [6.45, 7) is 6.68. The fourth-order valence-corrected chi connectivity index (χ4v) is 1.71. The minimum absolute atomic E-state index is 0.520. The molecule has 0 radical (unpaired) electrons. The molecule has 1 aromatic heterocycles. The summed E-state index contributed by atoms with van der Waals surface area (Å²) in [7, 11) is 0. The number of rotatable bonds is 3. The van der Waals surface area contributed by atoms with Crippen LogP contribution in [0.5, 0.6) is 5.75 Å². The molecule has 88 valence electrons. The number of ether oxygens (including phenoxy) is 1. The molecule has 0 fully saturated rings. The fraction of sp³-hybridized carbons (Fsp3) is 0.267. The molecule has 2 rings (SSSR count). The molecule has 0 N–H and O–H groups in total. The van der Waals surface area contributed by atoms with Gasteiger partial charge >= 0.3 is 0 Å². The van der Waals surface area contributed by atoms with Gasteiger partial charge in [-0.05, 0) is 50.1 Å². The highest BCUT2D eigenvalue weighted by Crippen LogP contribution is 2.21. The maximum atomic E-state index is 5.80. The predicted molar refractivity (Wildman–Crippen MR) is 69.2 cm³/mol. The number of aromatic nitrogens is 1. The van der Waals surface area contributed by atoms with Crippen molar-refractivity contribution in [1.82, 2.24) is 4.98 Å². The Kier molecular flexibility index (Phi) is 3.43. The van der Waals surface area contributed by atoms with Crippen molar-refractivity contribution in [3.63, 3.8) is 0 Å². The summed E-state index contributed by atoms with van der Waals surface area (Å²) < 4.78 is 5.80. The second kappa shape index (κ2) is 5.00. The SMILES string of the molecule is Cc1cccc(COc2cccc(C)c2C)n1. The molecule has 2 heteroatoms. The van der Waals surface area contributed by atoms with Crippen molar-refractivity contribution in [3.8, 4) is 5.75 Å². The molecule has 17 heavy (non-hydrogen) atoms. The van der Waals surface area contributed by atoms with E-state index in [1.54, 1.807) is 0 Å². The molecule has 0 aliphatic heterocycles. The van der Waals surface area contributed by atoms with Crippen LogP contribution in [0.3, 0.4) is 0 Å². The van der Waals surface area contributed by atoms with Gasteiger partial charge in [-0.1, -0.05) is 18.2 Å². The van der Waals surface area contributed by atoms with E-state index in [-0.39, 0.29) is 0 Å². The van der Waals surface area contributed by atoms with Crippen molar-refractivity contribution >= 4 is 0 Å². The summed E-state index contributed by atoms with van der Waals surface area (Å²) in [5.74, 6) is 0.938. The molecule has 2 nitrogen and oxygen atoms in total. The molecule has 2 aromatic rings. The van der Waals surface area contributed by atoms with Gasteiger partial charge in [0.05, 0.1) is 5.69 Å². The minimum Gasteiger partial charge on any atom is -0.487 e. The summed E-state index contributed by atoms with van der Waals surface area (Å²) in [6.07, 6.45) is 0. The van der Waals surface area contributed by atoms with Gasteiger partial charge in [0.15, 0.2) is 0 Å². The number of nitrogens with zero attached hydrogens (tertiary/aromatic N) is 1. The van der Waals surface area contributed by atoms with Gasteiger partial charge < -0.3 is 4.74 Å². The van der Waals surface area contributed by atoms with E-state index < -0.39 is 0 Å². The third kappa shape index (κ3) is 2.84. The Morgan fingerprint density at radius 3 is 2.53 bits per heavy atom. The van der Waals surface area contributed by atoms with E-state index in [2.05, 4.69) is 24.9 Å².